The van der Waals surface area contributed by atoms with Crippen molar-refractivity contribution in [1.82, 2.24) is 5.43 Å². The molecule has 3 rings (SSSR count). The van der Waals surface area contributed by atoms with Crippen LogP contribution in [0, 0.1) is 0 Å². The standard InChI is InChI=1S/C16H15N5O2/c17-15(22)20-19-12-9-10-5-1-3-7-13(10)21(16(18)23)14-8-4-2-6-11(12)14/h1-8H,9H2,(H2,18,23)(H3,17,20,22)/b19-12+. The largest absolute Gasteiger partial charge is 0.351 e. The summed E-state index contributed by atoms with van der Waals surface area (Å²) in [5, 5.41) is 4.09. The van der Waals surface area contributed by atoms with Gasteiger partial charge in [-0.3, -0.25) is 4.90 Å². The van der Waals surface area contributed by atoms with Crippen molar-refractivity contribution < 1.29 is 9.59 Å². The molecule has 116 valence electrons. The number of hydrazone groups is 1. The normalized spacial score (nSPS) is 14.6. The van der Waals surface area contributed by atoms with Gasteiger partial charge >= 0.3 is 12.1 Å². The summed E-state index contributed by atoms with van der Waals surface area (Å²) in [6.45, 7) is 0. The van der Waals surface area contributed by atoms with Gasteiger partial charge in [0, 0.05) is 12.0 Å². The van der Waals surface area contributed by atoms with E-state index < -0.39 is 12.1 Å². The topological polar surface area (TPSA) is 114 Å². The molecule has 7 nitrogen and oxygen atoms in total. The van der Waals surface area contributed by atoms with Crippen molar-refractivity contribution in [3.8, 4) is 0 Å². The van der Waals surface area contributed by atoms with Crippen molar-refractivity contribution in [1.29, 1.82) is 0 Å². The number of rotatable bonds is 1. The van der Waals surface area contributed by atoms with E-state index in [2.05, 4.69) is 10.5 Å². The maximum absolute atomic E-state index is 12.0. The lowest BCUT2D eigenvalue weighted by Gasteiger charge is -2.22. The average molecular weight is 309 g/mol. The van der Waals surface area contributed by atoms with E-state index in [4.69, 9.17) is 11.5 Å². The van der Waals surface area contributed by atoms with Gasteiger partial charge in [-0.2, -0.15) is 5.10 Å². The third kappa shape index (κ3) is 2.71. The van der Waals surface area contributed by atoms with E-state index in [1.54, 1.807) is 6.07 Å². The van der Waals surface area contributed by atoms with Gasteiger partial charge in [0.05, 0.1) is 17.1 Å². The molecule has 2 aromatic carbocycles. The highest BCUT2D eigenvalue weighted by atomic mass is 16.2. The minimum Gasteiger partial charge on any atom is -0.351 e. The van der Waals surface area contributed by atoms with Crippen molar-refractivity contribution in [3.05, 3.63) is 59.7 Å². The van der Waals surface area contributed by atoms with Crippen LogP contribution in [0.25, 0.3) is 0 Å². The number of fused-ring (bicyclic) bond motifs is 2. The zero-order valence-corrected chi connectivity index (χ0v) is 12.2. The van der Waals surface area contributed by atoms with Crippen LogP contribution in [0.3, 0.4) is 0 Å². The van der Waals surface area contributed by atoms with Crippen molar-refractivity contribution >= 4 is 29.1 Å². The predicted octanol–water partition coefficient (Wildman–Crippen LogP) is 1.83. The maximum Gasteiger partial charge on any atom is 0.332 e. The molecule has 7 heteroatoms. The van der Waals surface area contributed by atoms with Gasteiger partial charge in [0.15, 0.2) is 0 Å². The molecule has 1 heterocycles. The average Bonchev–Trinajstić information content (AvgIpc) is 2.67. The Morgan fingerprint density at radius 2 is 1.65 bits per heavy atom. The Bertz CT molecular complexity index is 816. The second-order valence-corrected chi connectivity index (χ2v) is 5.03. The lowest BCUT2D eigenvalue weighted by molar-refractivity contribution is 0.249. The molecule has 23 heavy (non-hydrogen) atoms. The zero-order chi connectivity index (χ0) is 16.4. The van der Waals surface area contributed by atoms with Crippen molar-refractivity contribution in [3.63, 3.8) is 0 Å². The fraction of sp³-hybridized carbons (Fsp3) is 0.0625. The van der Waals surface area contributed by atoms with Crippen molar-refractivity contribution in [2.24, 2.45) is 16.6 Å². The van der Waals surface area contributed by atoms with E-state index in [1.165, 1.54) is 4.90 Å². The Balaban J connectivity index is 2.24. The number of benzene rings is 2. The summed E-state index contributed by atoms with van der Waals surface area (Å²) < 4.78 is 0. The van der Waals surface area contributed by atoms with Crippen LogP contribution in [0.4, 0.5) is 21.0 Å². The number of nitrogens with one attached hydrogen (secondary N) is 1. The second-order valence-electron chi connectivity index (χ2n) is 5.03. The molecule has 0 fully saturated rings. The SMILES string of the molecule is NC(=O)N/N=C1\Cc2ccccc2N(C(N)=O)c2ccccc21. The molecule has 4 amide bonds. The van der Waals surface area contributed by atoms with Crippen LogP contribution in [-0.4, -0.2) is 17.8 Å². The Morgan fingerprint density at radius 3 is 2.35 bits per heavy atom. The number of carbonyl (C=O) groups excluding carboxylic acids is 2. The molecule has 1 aliphatic heterocycles. The quantitative estimate of drug-likeness (QED) is 0.698. The lowest BCUT2D eigenvalue weighted by atomic mass is 10.0. The lowest BCUT2D eigenvalue weighted by Crippen LogP contribution is -2.32. The van der Waals surface area contributed by atoms with Crippen LogP contribution in [0.5, 0.6) is 0 Å². The maximum atomic E-state index is 12.0. The molecule has 0 radical (unpaired) electrons. The molecule has 0 atom stereocenters. The summed E-state index contributed by atoms with van der Waals surface area (Å²) in [4.78, 5) is 24.4. The number of hydrogen-bond acceptors (Lipinski definition) is 3. The Labute approximate surface area is 132 Å². The highest BCUT2D eigenvalue weighted by Gasteiger charge is 2.26. The number of carbonyl (C=O) groups is 2. The fourth-order valence-corrected chi connectivity index (χ4v) is 2.66. The summed E-state index contributed by atoms with van der Waals surface area (Å²) in [5.74, 6) is 0. The third-order valence-electron chi connectivity index (χ3n) is 3.57. The van der Waals surface area contributed by atoms with Crippen LogP contribution < -0.4 is 21.8 Å². The molecule has 0 saturated carbocycles. The van der Waals surface area contributed by atoms with Crippen LogP contribution in [-0.2, 0) is 6.42 Å². The molecular formula is C16H15N5O2. The van der Waals surface area contributed by atoms with Crippen LogP contribution in [0.15, 0.2) is 53.6 Å². The van der Waals surface area contributed by atoms with Gasteiger partial charge in [-0.25, -0.2) is 15.0 Å². The van der Waals surface area contributed by atoms with Crippen LogP contribution >= 0.6 is 0 Å². The molecule has 0 unspecified atom stereocenters. The van der Waals surface area contributed by atoms with Crippen molar-refractivity contribution in [2.45, 2.75) is 6.42 Å². The Kier molecular flexibility index (Phi) is 3.68. The van der Waals surface area contributed by atoms with Gasteiger partial charge in [0.1, 0.15) is 0 Å². The number of urea groups is 2. The smallest absolute Gasteiger partial charge is 0.332 e. The molecule has 0 spiro atoms. The summed E-state index contributed by atoms with van der Waals surface area (Å²) in [5.41, 5.74) is 16.4. The minimum atomic E-state index is -0.751. The van der Waals surface area contributed by atoms with Crippen molar-refractivity contribution in [2.75, 3.05) is 4.90 Å². The number of primary amides is 2. The fourth-order valence-electron chi connectivity index (χ4n) is 2.66. The Morgan fingerprint density at radius 1 is 1.00 bits per heavy atom. The first-order valence-corrected chi connectivity index (χ1v) is 6.97. The monoisotopic (exact) mass is 309 g/mol. The molecule has 2 aromatic rings. The first-order valence-electron chi connectivity index (χ1n) is 6.97. The molecule has 0 aliphatic carbocycles. The van der Waals surface area contributed by atoms with Gasteiger partial charge in [-0.1, -0.05) is 36.4 Å². The van der Waals surface area contributed by atoms with Gasteiger partial charge < -0.3 is 11.5 Å². The van der Waals surface area contributed by atoms with Gasteiger partial charge in [0.2, 0.25) is 0 Å². The summed E-state index contributed by atoms with van der Waals surface area (Å²) in [6.07, 6.45) is 0.428. The summed E-state index contributed by atoms with van der Waals surface area (Å²) >= 11 is 0. The first kappa shape index (κ1) is 14.6. The van der Waals surface area contributed by atoms with E-state index in [0.29, 0.717) is 29.1 Å². The number of nitrogens with zero attached hydrogens (tertiary/aromatic N) is 2. The van der Waals surface area contributed by atoms with Gasteiger partial charge in [-0.15, -0.1) is 0 Å². The number of para-hydroxylation sites is 2. The molecule has 0 aromatic heterocycles. The third-order valence-corrected chi connectivity index (χ3v) is 3.57. The van der Waals surface area contributed by atoms with Crippen LogP contribution in [0.2, 0.25) is 0 Å². The highest BCUT2D eigenvalue weighted by Crippen LogP contribution is 2.35. The molecule has 1 aliphatic rings. The number of amides is 4. The van der Waals surface area contributed by atoms with E-state index in [9.17, 15) is 9.59 Å². The number of nitrogens with two attached hydrogens (primary N) is 2. The Hall–Kier alpha value is -3.35. The zero-order valence-electron chi connectivity index (χ0n) is 12.2. The summed E-state index contributed by atoms with van der Waals surface area (Å²) in [7, 11) is 0. The second kappa shape index (κ2) is 5.80. The molecular weight excluding hydrogens is 294 g/mol. The molecule has 0 saturated heterocycles. The first-order chi connectivity index (χ1) is 11.1. The van der Waals surface area contributed by atoms with Gasteiger partial charge in [-0.05, 0) is 17.7 Å². The van der Waals surface area contributed by atoms with E-state index in [0.717, 1.165) is 5.56 Å². The minimum absolute atomic E-state index is 0.428. The number of hydrogen-bond donors (Lipinski definition) is 3. The number of anilines is 2. The van der Waals surface area contributed by atoms with E-state index >= 15 is 0 Å². The molecule has 5 N–H and O–H groups in total. The van der Waals surface area contributed by atoms with E-state index in [-0.39, 0.29) is 0 Å². The van der Waals surface area contributed by atoms with Crippen LogP contribution in [0.1, 0.15) is 11.1 Å². The summed E-state index contributed by atoms with van der Waals surface area (Å²) in [6, 6.07) is 13.3. The highest BCUT2D eigenvalue weighted by molar-refractivity contribution is 6.13. The van der Waals surface area contributed by atoms with Gasteiger partial charge in [0.25, 0.3) is 0 Å². The predicted molar refractivity (Wildman–Crippen MR) is 87.6 cm³/mol. The van der Waals surface area contributed by atoms with E-state index in [1.807, 2.05) is 42.5 Å². The molecule has 0 bridgehead atoms.